The fraction of sp³-hybridized carbons (Fsp3) is 0.923. The second kappa shape index (κ2) is 6.19. The first kappa shape index (κ1) is 13.3. The normalized spacial score (nSPS) is 28.0. The van der Waals surface area contributed by atoms with Crippen LogP contribution in [0, 0.1) is 5.92 Å². The molecule has 0 aromatic carbocycles. The molecule has 0 aromatic rings. The van der Waals surface area contributed by atoms with Crippen LogP contribution in [0.5, 0.6) is 0 Å². The van der Waals surface area contributed by atoms with Gasteiger partial charge in [0.05, 0.1) is 0 Å². The maximum atomic E-state index is 11.6. The minimum atomic E-state index is 0.331. The van der Waals surface area contributed by atoms with Gasteiger partial charge in [-0.1, -0.05) is 22.9 Å². The molecule has 98 valence electrons. The van der Waals surface area contributed by atoms with Gasteiger partial charge in [0.25, 0.3) is 0 Å². The van der Waals surface area contributed by atoms with Crippen molar-refractivity contribution in [1.82, 2.24) is 9.80 Å². The number of alkyl halides is 1. The van der Waals surface area contributed by atoms with E-state index in [1.165, 1.54) is 38.9 Å². The van der Waals surface area contributed by atoms with E-state index in [1.54, 1.807) is 0 Å². The van der Waals surface area contributed by atoms with Crippen molar-refractivity contribution in [2.45, 2.75) is 37.4 Å². The number of rotatable bonds is 4. The molecule has 2 aliphatic heterocycles. The van der Waals surface area contributed by atoms with Crippen LogP contribution in [0.15, 0.2) is 0 Å². The SMILES string of the molecule is CCN1CCC(CCN2CC(Br)CC2=O)CC1. The molecule has 4 heteroatoms. The average Bonchev–Trinajstić information content (AvgIpc) is 2.66. The van der Waals surface area contributed by atoms with Crippen LogP contribution in [0.1, 0.15) is 32.6 Å². The van der Waals surface area contributed by atoms with E-state index in [0.717, 1.165) is 19.0 Å². The number of hydrogen-bond donors (Lipinski definition) is 0. The molecule has 1 unspecified atom stereocenters. The van der Waals surface area contributed by atoms with Crippen molar-refractivity contribution in [3.05, 3.63) is 0 Å². The minimum absolute atomic E-state index is 0.331. The number of hydrogen-bond acceptors (Lipinski definition) is 2. The van der Waals surface area contributed by atoms with Crippen molar-refractivity contribution in [3.8, 4) is 0 Å². The number of carbonyl (C=O) groups excluding carboxylic acids is 1. The summed E-state index contributed by atoms with van der Waals surface area (Å²) in [6.07, 6.45) is 4.51. The maximum absolute atomic E-state index is 11.6. The van der Waals surface area contributed by atoms with Gasteiger partial charge in [0.15, 0.2) is 0 Å². The summed E-state index contributed by atoms with van der Waals surface area (Å²) in [5.74, 6) is 1.16. The van der Waals surface area contributed by atoms with Crippen molar-refractivity contribution in [3.63, 3.8) is 0 Å². The quantitative estimate of drug-likeness (QED) is 0.743. The molecule has 0 N–H and O–H groups in total. The van der Waals surface area contributed by atoms with E-state index >= 15 is 0 Å². The van der Waals surface area contributed by atoms with Crippen LogP contribution in [0.25, 0.3) is 0 Å². The van der Waals surface area contributed by atoms with Gasteiger partial charge in [-0.15, -0.1) is 0 Å². The molecule has 1 atom stereocenters. The van der Waals surface area contributed by atoms with Crippen LogP contribution in [-0.4, -0.2) is 53.3 Å². The Morgan fingerprint density at radius 1 is 1.35 bits per heavy atom. The number of piperidine rings is 1. The van der Waals surface area contributed by atoms with Crippen LogP contribution in [0.2, 0.25) is 0 Å². The maximum Gasteiger partial charge on any atom is 0.223 e. The van der Waals surface area contributed by atoms with Crippen LogP contribution in [0.3, 0.4) is 0 Å². The second-order valence-electron chi connectivity index (χ2n) is 5.31. The summed E-state index contributed by atoms with van der Waals surface area (Å²) in [4.78, 5) is 16.6. The number of amides is 1. The van der Waals surface area contributed by atoms with Crippen molar-refractivity contribution in [2.24, 2.45) is 5.92 Å². The van der Waals surface area contributed by atoms with Crippen molar-refractivity contribution < 1.29 is 4.79 Å². The predicted octanol–water partition coefficient (Wildman–Crippen LogP) is 2.10. The van der Waals surface area contributed by atoms with E-state index in [-0.39, 0.29) is 0 Å². The summed E-state index contributed by atoms with van der Waals surface area (Å²) in [5, 5.41) is 0. The Hall–Kier alpha value is -0.0900. The molecule has 1 amide bonds. The van der Waals surface area contributed by atoms with E-state index in [0.29, 0.717) is 17.2 Å². The average molecular weight is 303 g/mol. The predicted molar refractivity (Wildman–Crippen MR) is 73.4 cm³/mol. The van der Waals surface area contributed by atoms with E-state index < -0.39 is 0 Å². The Labute approximate surface area is 113 Å². The first-order valence-corrected chi connectivity index (χ1v) is 7.74. The summed E-state index contributed by atoms with van der Waals surface area (Å²) >= 11 is 3.53. The molecule has 3 nitrogen and oxygen atoms in total. The zero-order chi connectivity index (χ0) is 12.3. The Kier molecular flexibility index (Phi) is 4.86. The largest absolute Gasteiger partial charge is 0.342 e. The highest BCUT2D eigenvalue weighted by Gasteiger charge is 2.28. The van der Waals surface area contributed by atoms with E-state index in [4.69, 9.17) is 0 Å². The van der Waals surface area contributed by atoms with E-state index in [9.17, 15) is 4.79 Å². The lowest BCUT2D eigenvalue weighted by atomic mass is 9.93. The highest BCUT2D eigenvalue weighted by molar-refractivity contribution is 9.09. The highest BCUT2D eigenvalue weighted by Crippen LogP contribution is 2.23. The van der Waals surface area contributed by atoms with Gasteiger partial charge in [-0.3, -0.25) is 4.79 Å². The topological polar surface area (TPSA) is 23.6 Å². The van der Waals surface area contributed by atoms with E-state index in [1.807, 2.05) is 4.90 Å². The molecule has 0 radical (unpaired) electrons. The fourth-order valence-corrected chi connectivity index (χ4v) is 3.50. The number of halogens is 1. The second-order valence-corrected chi connectivity index (χ2v) is 6.60. The van der Waals surface area contributed by atoms with Crippen LogP contribution in [-0.2, 0) is 4.79 Å². The van der Waals surface area contributed by atoms with Gasteiger partial charge in [-0.05, 0) is 44.8 Å². The van der Waals surface area contributed by atoms with Gasteiger partial charge in [-0.25, -0.2) is 0 Å². The number of likely N-dealkylation sites (tertiary alicyclic amines) is 2. The smallest absolute Gasteiger partial charge is 0.223 e. The monoisotopic (exact) mass is 302 g/mol. The van der Waals surface area contributed by atoms with Gasteiger partial charge in [0, 0.05) is 24.3 Å². The number of carbonyl (C=O) groups is 1. The number of nitrogens with zero attached hydrogens (tertiary/aromatic N) is 2. The summed E-state index contributed by atoms with van der Waals surface area (Å²) in [6, 6.07) is 0. The van der Waals surface area contributed by atoms with Crippen LogP contribution < -0.4 is 0 Å². The summed E-state index contributed by atoms with van der Waals surface area (Å²) in [7, 11) is 0. The van der Waals surface area contributed by atoms with Crippen molar-refractivity contribution >= 4 is 21.8 Å². The van der Waals surface area contributed by atoms with Crippen LogP contribution >= 0.6 is 15.9 Å². The van der Waals surface area contributed by atoms with Gasteiger partial charge >= 0.3 is 0 Å². The lowest BCUT2D eigenvalue weighted by Gasteiger charge is -2.31. The third-order valence-electron chi connectivity index (χ3n) is 4.13. The van der Waals surface area contributed by atoms with Crippen LogP contribution in [0.4, 0.5) is 0 Å². The summed E-state index contributed by atoms with van der Waals surface area (Å²) < 4.78 is 0. The van der Waals surface area contributed by atoms with Gasteiger partial charge in [0.1, 0.15) is 0 Å². The molecule has 0 aromatic heterocycles. The fourth-order valence-electron chi connectivity index (χ4n) is 2.87. The lowest BCUT2D eigenvalue weighted by Crippen LogP contribution is -2.35. The first-order chi connectivity index (χ1) is 8.19. The molecule has 0 bridgehead atoms. The zero-order valence-electron chi connectivity index (χ0n) is 10.7. The molecule has 2 rings (SSSR count). The summed E-state index contributed by atoms with van der Waals surface area (Å²) in [5.41, 5.74) is 0. The van der Waals surface area contributed by atoms with Gasteiger partial charge in [0.2, 0.25) is 5.91 Å². The molecule has 2 fully saturated rings. The van der Waals surface area contributed by atoms with Crippen molar-refractivity contribution in [2.75, 3.05) is 32.7 Å². The molecular formula is C13H23BrN2O. The molecule has 2 saturated heterocycles. The molecule has 2 heterocycles. The summed E-state index contributed by atoms with van der Waals surface area (Å²) in [6.45, 7) is 7.79. The molecule has 0 aliphatic carbocycles. The highest BCUT2D eigenvalue weighted by atomic mass is 79.9. The third-order valence-corrected chi connectivity index (χ3v) is 4.74. The van der Waals surface area contributed by atoms with Gasteiger partial charge < -0.3 is 9.80 Å². The Morgan fingerprint density at radius 3 is 2.59 bits per heavy atom. The zero-order valence-corrected chi connectivity index (χ0v) is 12.3. The Bertz CT molecular complexity index is 264. The Balaban J connectivity index is 1.67. The van der Waals surface area contributed by atoms with Crippen molar-refractivity contribution in [1.29, 1.82) is 0 Å². The third kappa shape index (κ3) is 3.68. The van der Waals surface area contributed by atoms with Gasteiger partial charge in [-0.2, -0.15) is 0 Å². The Morgan fingerprint density at radius 2 is 2.06 bits per heavy atom. The molecule has 2 aliphatic rings. The van der Waals surface area contributed by atoms with E-state index in [2.05, 4.69) is 27.8 Å². The molecule has 0 spiro atoms. The molecule has 17 heavy (non-hydrogen) atoms. The first-order valence-electron chi connectivity index (χ1n) is 6.83. The lowest BCUT2D eigenvalue weighted by molar-refractivity contribution is -0.127. The minimum Gasteiger partial charge on any atom is -0.342 e. The molecular weight excluding hydrogens is 280 g/mol. The standard InChI is InChI=1S/C13H23BrN2O/c1-2-15-6-3-11(4-7-15)5-8-16-10-12(14)9-13(16)17/h11-12H,2-10H2,1H3. The molecule has 0 saturated carbocycles.